The van der Waals surface area contributed by atoms with E-state index in [-0.39, 0.29) is 27.3 Å². The molecule has 0 spiro atoms. The number of aromatic nitrogens is 2. The molecule has 0 bridgehead atoms. The number of carboxylic acid groups (broad SMARTS) is 1. The first kappa shape index (κ1) is 19.9. The number of hydrogen-bond acceptors (Lipinski definition) is 4. The highest BCUT2D eigenvalue weighted by Crippen LogP contribution is 2.33. The zero-order chi connectivity index (χ0) is 20.5. The fraction of sp³-hybridized carbons (Fsp3) is 0.0556. The lowest BCUT2D eigenvalue weighted by atomic mass is 10.1. The number of anilines is 2. The molecule has 28 heavy (non-hydrogen) atoms. The summed E-state index contributed by atoms with van der Waals surface area (Å²) in [5.74, 6) is -1.43. The van der Waals surface area contributed by atoms with Gasteiger partial charge in [0.05, 0.1) is 21.3 Å². The Morgan fingerprint density at radius 3 is 2.21 bits per heavy atom. The molecule has 0 radical (unpaired) electrons. The van der Waals surface area contributed by atoms with Crippen molar-refractivity contribution in [2.45, 2.75) is 6.18 Å². The molecule has 10 heteroatoms. The van der Waals surface area contributed by atoms with E-state index in [2.05, 4.69) is 15.3 Å². The lowest BCUT2D eigenvalue weighted by Crippen LogP contribution is -2.11. The Kier molecular flexibility index (Phi) is 5.44. The van der Waals surface area contributed by atoms with Crippen LogP contribution < -0.4 is 5.32 Å². The molecule has 3 aromatic rings. The molecule has 0 saturated carbocycles. The summed E-state index contributed by atoms with van der Waals surface area (Å²) in [6.45, 7) is 0. The third kappa shape index (κ3) is 4.52. The number of carboxylic acids is 1. The van der Waals surface area contributed by atoms with Crippen molar-refractivity contribution in [1.29, 1.82) is 0 Å². The molecule has 1 aromatic heterocycles. The Morgan fingerprint density at radius 2 is 1.64 bits per heavy atom. The van der Waals surface area contributed by atoms with Gasteiger partial charge in [0.25, 0.3) is 0 Å². The van der Waals surface area contributed by atoms with Crippen LogP contribution in [0.2, 0.25) is 10.0 Å². The van der Waals surface area contributed by atoms with Crippen molar-refractivity contribution in [3.05, 3.63) is 69.8 Å². The average molecular weight is 428 g/mol. The van der Waals surface area contributed by atoms with Crippen molar-refractivity contribution in [1.82, 2.24) is 9.97 Å². The van der Waals surface area contributed by atoms with E-state index < -0.39 is 17.8 Å². The van der Waals surface area contributed by atoms with E-state index in [4.69, 9.17) is 28.3 Å². The lowest BCUT2D eigenvalue weighted by Gasteiger charge is -2.12. The fourth-order valence-electron chi connectivity index (χ4n) is 2.28. The van der Waals surface area contributed by atoms with Gasteiger partial charge in [0.1, 0.15) is 0 Å². The Labute approximate surface area is 166 Å². The minimum atomic E-state index is -4.70. The fourth-order valence-corrected chi connectivity index (χ4v) is 2.58. The number of hydrogen-bond donors (Lipinski definition) is 2. The molecule has 0 aliphatic heterocycles. The minimum Gasteiger partial charge on any atom is -0.478 e. The van der Waals surface area contributed by atoms with Crippen LogP contribution in [0.5, 0.6) is 0 Å². The van der Waals surface area contributed by atoms with Gasteiger partial charge in [-0.25, -0.2) is 14.8 Å². The van der Waals surface area contributed by atoms with Gasteiger partial charge < -0.3 is 10.4 Å². The van der Waals surface area contributed by atoms with Crippen LogP contribution in [-0.4, -0.2) is 21.0 Å². The van der Waals surface area contributed by atoms with Crippen molar-refractivity contribution in [2.24, 2.45) is 0 Å². The summed E-state index contributed by atoms with van der Waals surface area (Å²) < 4.78 is 39.8. The highest BCUT2D eigenvalue weighted by Gasteiger charge is 2.34. The van der Waals surface area contributed by atoms with E-state index in [0.29, 0.717) is 11.3 Å². The first-order valence-corrected chi connectivity index (χ1v) is 8.41. The third-order valence-corrected chi connectivity index (χ3v) is 4.36. The highest BCUT2D eigenvalue weighted by atomic mass is 35.5. The van der Waals surface area contributed by atoms with E-state index in [1.54, 1.807) is 0 Å². The SMILES string of the molecule is O=C(O)c1ccc(Nc2nc(-c3ccc(Cl)c(Cl)c3)cc(C(F)(F)F)n2)cc1. The maximum Gasteiger partial charge on any atom is 0.433 e. The number of nitrogens with zero attached hydrogens (tertiary/aromatic N) is 2. The minimum absolute atomic E-state index is 0.00875. The molecule has 144 valence electrons. The Hall–Kier alpha value is -2.84. The summed E-state index contributed by atoms with van der Waals surface area (Å²) in [6.07, 6.45) is -4.70. The molecular weight excluding hydrogens is 418 g/mol. The maximum absolute atomic E-state index is 13.3. The number of rotatable bonds is 4. The smallest absolute Gasteiger partial charge is 0.433 e. The van der Waals surface area contributed by atoms with Crippen molar-refractivity contribution < 1.29 is 23.1 Å². The largest absolute Gasteiger partial charge is 0.478 e. The van der Waals surface area contributed by atoms with Gasteiger partial charge in [-0.1, -0.05) is 29.3 Å². The van der Waals surface area contributed by atoms with Gasteiger partial charge >= 0.3 is 12.1 Å². The van der Waals surface area contributed by atoms with Crippen LogP contribution in [0, 0.1) is 0 Å². The summed E-state index contributed by atoms with van der Waals surface area (Å²) >= 11 is 11.8. The molecular formula is C18H10Cl2F3N3O2. The Bertz CT molecular complexity index is 1040. The van der Waals surface area contributed by atoms with Crippen molar-refractivity contribution in [3.8, 4) is 11.3 Å². The number of alkyl halides is 3. The molecule has 1 heterocycles. The van der Waals surface area contributed by atoms with Gasteiger partial charge in [0.15, 0.2) is 5.69 Å². The summed E-state index contributed by atoms with van der Waals surface area (Å²) in [4.78, 5) is 18.5. The second-order valence-electron chi connectivity index (χ2n) is 5.60. The van der Waals surface area contributed by atoms with E-state index in [9.17, 15) is 18.0 Å². The number of carbonyl (C=O) groups is 1. The molecule has 0 unspecified atom stereocenters. The molecule has 0 saturated heterocycles. The van der Waals surface area contributed by atoms with Crippen LogP contribution in [0.25, 0.3) is 11.3 Å². The van der Waals surface area contributed by atoms with Gasteiger partial charge in [0.2, 0.25) is 5.95 Å². The molecule has 0 fully saturated rings. The Balaban J connectivity index is 2.02. The van der Waals surface area contributed by atoms with Crippen LogP contribution in [0.3, 0.4) is 0 Å². The summed E-state index contributed by atoms with van der Waals surface area (Å²) in [5, 5.41) is 12.0. The van der Waals surface area contributed by atoms with Crippen molar-refractivity contribution in [2.75, 3.05) is 5.32 Å². The predicted molar refractivity (Wildman–Crippen MR) is 99.2 cm³/mol. The van der Waals surface area contributed by atoms with Crippen molar-refractivity contribution >= 4 is 40.8 Å². The highest BCUT2D eigenvalue weighted by molar-refractivity contribution is 6.42. The van der Waals surface area contributed by atoms with E-state index in [0.717, 1.165) is 6.07 Å². The lowest BCUT2D eigenvalue weighted by molar-refractivity contribution is -0.141. The first-order valence-electron chi connectivity index (χ1n) is 7.65. The van der Waals surface area contributed by atoms with Crippen LogP contribution in [0.4, 0.5) is 24.8 Å². The van der Waals surface area contributed by atoms with Crippen LogP contribution >= 0.6 is 23.2 Å². The standard InChI is InChI=1S/C18H10Cl2F3N3O2/c19-12-6-3-10(7-13(12)20)14-8-15(18(21,22)23)26-17(25-14)24-11-4-1-9(2-5-11)16(27)28/h1-8H,(H,27,28)(H,24,25,26). The molecule has 0 aliphatic carbocycles. The normalized spacial score (nSPS) is 11.3. The second kappa shape index (κ2) is 7.65. The van der Waals surface area contributed by atoms with E-state index in [1.165, 1.54) is 42.5 Å². The monoisotopic (exact) mass is 427 g/mol. The number of benzene rings is 2. The average Bonchev–Trinajstić information content (AvgIpc) is 2.63. The van der Waals surface area contributed by atoms with Crippen molar-refractivity contribution in [3.63, 3.8) is 0 Å². The zero-order valence-corrected chi connectivity index (χ0v) is 15.3. The summed E-state index contributed by atoms with van der Waals surface area (Å²) in [5.41, 5.74) is -0.471. The summed E-state index contributed by atoms with van der Waals surface area (Å²) in [7, 11) is 0. The number of halogens is 5. The molecule has 0 aliphatic rings. The predicted octanol–water partition coefficient (Wildman–Crippen LogP) is 5.91. The van der Waals surface area contributed by atoms with Gasteiger partial charge in [-0.05, 0) is 42.5 Å². The quantitative estimate of drug-likeness (QED) is 0.541. The van der Waals surface area contributed by atoms with Gasteiger partial charge in [-0.3, -0.25) is 0 Å². The molecule has 0 atom stereocenters. The molecule has 2 aromatic carbocycles. The molecule has 2 N–H and O–H groups in total. The Morgan fingerprint density at radius 1 is 0.964 bits per heavy atom. The van der Waals surface area contributed by atoms with Gasteiger partial charge in [0, 0.05) is 11.3 Å². The van der Waals surface area contributed by atoms with E-state index >= 15 is 0 Å². The first-order chi connectivity index (χ1) is 13.1. The number of aromatic carboxylic acids is 1. The molecule has 3 rings (SSSR count). The summed E-state index contributed by atoms with van der Waals surface area (Å²) in [6, 6.07) is 10.5. The van der Waals surface area contributed by atoms with Gasteiger partial charge in [-0.2, -0.15) is 13.2 Å². The van der Waals surface area contributed by atoms with Crippen LogP contribution in [0.1, 0.15) is 16.1 Å². The van der Waals surface area contributed by atoms with E-state index in [1.807, 2.05) is 0 Å². The third-order valence-electron chi connectivity index (χ3n) is 3.62. The second-order valence-corrected chi connectivity index (χ2v) is 6.41. The van der Waals surface area contributed by atoms with Crippen LogP contribution in [0.15, 0.2) is 48.5 Å². The zero-order valence-electron chi connectivity index (χ0n) is 13.8. The van der Waals surface area contributed by atoms with Crippen LogP contribution in [-0.2, 0) is 6.18 Å². The number of nitrogens with one attached hydrogen (secondary N) is 1. The molecule has 5 nitrogen and oxygen atoms in total. The molecule has 0 amide bonds. The van der Waals surface area contributed by atoms with Gasteiger partial charge in [-0.15, -0.1) is 0 Å². The maximum atomic E-state index is 13.3. The topological polar surface area (TPSA) is 75.1 Å².